The van der Waals surface area contributed by atoms with Crippen molar-refractivity contribution in [3.63, 3.8) is 0 Å². The van der Waals surface area contributed by atoms with Crippen molar-refractivity contribution in [2.45, 2.75) is 13.3 Å². The highest BCUT2D eigenvalue weighted by Crippen LogP contribution is 2.32. The summed E-state index contributed by atoms with van der Waals surface area (Å²) in [5.41, 5.74) is 2.04. The maximum Gasteiger partial charge on any atom is 0.263 e. The van der Waals surface area contributed by atoms with Crippen LogP contribution >= 0.6 is 23.7 Å². The van der Waals surface area contributed by atoms with Crippen LogP contribution in [0.2, 0.25) is 0 Å². The summed E-state index contributed by atoms with van der Waals surface area (Å²) in [7, 11) is 0. The second kappa shape index (κ2) is 11.4. The van der Waals surface area contributed by atoms with Crippen LogP contribution in [-0.2, 0) is 4.74 Å². The molecule has 0 unspecified atom stereocenters. The van der Waals surface area contributed by atoms with Gasteiger partial charge in [-0.25, -0.2) is 18.4 Å². The van der Waals surface area contributed by atoms with Crippen molar-refractivity contribution < 1.29 is 18.3 Å². The summed E-state index contributed by atoms with van der Waals surface area (Å²) in [6.07, 6.45) is 2.25. The molecule has 1 amide bonds. The lowest BCUT2D eigenvalue weighted by Gasteiger charge is -2.27. The first-order chi connectivity index (χ1) is 17.0. The summed E-state index contributed by atoms with van der Waals surface area (Å²) in [6.45, 7) is 6.11. The molecule has 2 aromatic carbocycles. The number of rotatable bonds is 7. The Hall–Kier alpha value is -2.92. The van der Waals surface area contributed by atoms with Gasteiger partial charge < -0.3 is 4.74 Å². The van der Waals surface area contributed by atoms with Crippen molar-refractivity contribution in [3.05, 3.63) is 71.6 Å². The van der Waals surface area contributed by atoms with Gasteiger partial charge in [-0.1, -0.05) is 29.5 Å². The Morgan fingerprint density at radius 2 is 1.92 bits per heavy atom. The minimum absolute atomic E-state index is 0. The number of para-hydroxylation sites is 1. The molecule has 3 heterocycles. The molecule has 1 aliphatic heterocycles. The first-order valence-electron chi connectivity index (χ1n) is 11.5. The molecule has 5 rings (SSSR count). The number of hydrogen-bond donors (Lipinski definition) is 0. The van der Waals surface area contributed by atoms with E-state index in [4.69, 9.17) is 4.74 Å². The SMILES string of the molecule is Cc1c(C(=O)N(CCCN2CCOCC2)c2nc3c(F)cc(F)cc3s2)cnn1-c1ccccc1.Cl. The first-order valence-corrected chi connectivity index (χ1v) is 12.3. The van der Waals surface area contributed by atoms with Crippen LogP contribution in [0.5, 0.6) is 0 Å². The van der Waals surface area contributed by atoms with Crippen molar-refractivity contribution in [3.8, 4) is 5.69 Å². The number of thiazole rings is 1. The zero-order valence-electron chi connectivity index (χ0n) is 19.7. The molecule has 7 nitrogen and oxygen atoms in total. The zero-order valence-corrected chi connectivity index (χ0v) is 21.3. The molecule has 0 atom stereocenters. The summed E-state index contributed by atoms with van der Waals surface area (Å²) in [4.78, 5) is 22.0. The molecule has 1 aliphatic rings. The van der Waals surface area contributed by atoms with Gasteiger partial charge >= 0.3 is 0 Å². The third-order valence-electron chi connectivity index (χ3n) is 6.08. The van der Waals surface area contributed by atoms with Gasteiger partial charge in [0.15, 0.2) is 10.9 Å². The number of amides is 1. The van der Waals surface area contributed by atoms with Crippen LogP contribution in [0.1, 0.15) is 22.5 Å². The Morgan fingerprint density at radius 3 is 2.67 bits per heavy atom. The number of anilines is 1. The summed E-state index contributed by atoms with van der Waals surface area (Å²) in [5, 5.41) is 4.76. The van der Waals surface area contributed by atoms with E-state index in [9.17, 15) is 13.6 Å². The normalized spacial score (nSPS) is 14.1. The molecular weight excluding hydrogens is 508 g/mol. The first kappa shape index (κ1) is 26.2. The van der Waals surface area contributed by atoms with Crippen LogP contribution in [0.4, 0.5) is 13.9 Å². The summed E-state index contributed by atoms with van der Waals surface area (Å²) in [5.74, 6) is -1.68. The van der Waals surface area contributed by atoms with Crippen LogP contribution in [0.3, 0.4) is 0 Å². The van der Waals surface area contributed by atoms with Gasteiger partial charge in [-0.15, -0.1) is 12.4 Å². The number of aromatic nitrogens is 3. The maximum absolute atomic E-state index is 14.4. The quantitative estimate of drug-likeness (QED) is 0.339. The number of halogens is 3. The lowest BCUT2D eigenvalue weighted by atomic mass is 10.2. The summed E-state index contributed by atoms with van der Waals surface area (Å²) < 4.78 is 35.6. The Balaban J connectivity index is 0.00000304. The average molecular weight is 534 g/mol. The number of morpholine rings is 1. The van der Waals surface area contributed by atoms with E-state index >= 15 is 0 Å². The third-order valence-corrected chi connectivity index (χ3v) is 7.10. The molecule has 0 spiro atoms. The van der Waals surface area contributed by atoms with Gasteiger partial charge in [0.1, 0.15) is 11.3 Å². The van der Waals surface area contributed by atoms with E-state index in [1.807, 2.05) is 37.3 Å². The molecule has 11 heteroatoms. The van der Waals surface area contributed by atoms with Crippen molar-refractivity contribution in [2.75, 3.05) is 44.3 Å². The van der Waals surface area contributed by atoms with E-state index in [1.165, 1.54) is 6.07 Å². The molecule has 1 fully saturated rings. The van der Waals surface area contributed by atoms with Crippen LogP contribution in [0.25, 0.3) is 15.9 Å². The Kier molecular flexibility index (Phi) is 8.30. The van der Waals surface area contributed by atoms with E-state index in [2.05, 4.69) is 15.0 Å². The van der Waals surface area contributed by atoms with E-state index in [0.29, 0.717) is 47.3 Å². The van der Waals surface area contributed by atoms with E-state index in [-0.39, 0.29) is 23.8 Å². The predicted octanol–water partition coefficient (Wildman–Crippen LogP) is 4.86. The number of nitrogens with zero attached hydrogens (tertiary/aromatic N) is 5. The summed E-state index contributed by atoms with van der Waals surface area (Å²) in [6, 6.07) is 11.6. The minimum Gasteiger partial charge on any atom is -0.379 e. The third kappa shape index (κ3) is 5.41. The van der Waals surface area contributed by atoms with Gasteiger partial charge in [0.05, 0.1) is 41.1 Å². The number of ether oxygens (including phenoxy) is 1. The van der Waals surface area contributed by atoms with Crippen LogP contribution in [0.15, 0.2) is 48.7 Å². The molecule has 36 heavy (non-hydrogen) atoms. The van der Waals surface area contributed by atoms with E-state index < -0.39 is 11.6 Å². The predicted molar refractivity (Wildman–Crippen MR) is 139 cm³/mol. The fraction of sp³-hybridized carbons (Fsp3) is 0.320. The van der Waals surface area contributed by atoms with Gasteiger partial charge in [0, 0.05) is 32.2 Å². The number of carbonyl (C=O) groups excluding carboxylic acids is 1. The lowest BCUT2D eigenvalue weighted by molar-refractivity contribution is 0.0376. The number of hydrogen-bond acceptors (Lipinski definition) is 6. The molecular formula is C25H26ClF2N5O2S. The van der Waals surface area contributed by atoms with Gasteiger partial charge in [-0.2, -0.15) is 5.10 Å². The van der Waals surface area contributed by atoms with Gasteiger partial charge in [0.2, 0.25) is 0 Å². The van der Waals surface area contributed by atoms with E-state index in [0.717, 1.165) is 42.7 Å². The molecule has 0 radical (unpaired) electrons. The Labute approximate surface area is 217 Å². The molecule has 0 bridgehead atoms. The standard InChI is InChI=1S/C25H25F2N5O2S.ClH/c1-17-20(16-28-32(17)19-6-3-2-4-7-19)24(33)31(9-5-8-30-10-12-34-13-11-30)25-29-23-21(27)14-18(26)15-22(23)35-25;/h2-4,6-7,14-16H,5,8-13H2,1H3;1H. The minimum atomic E-state index is -0.740. The number of carbonyl (C=O) groups is 1. The lowest BCUT2D eigenvalue weighted by Crippen LogP contribution is -2.39. The maximum atomic E-state index is 14.4. The number of fused-ring (bicyclic) bond motifs is 1. The molecule has 0 N–H and O–H groups in total. The molecule has 190 valence electrons. The number of benzene rings is 2. The Bertz CT molecular complexity index is 1340. The smallest absolute Gasteiger partial charge is 0.263 e. The molecule has 2 aromatic heterocycles. The molecule has 4 aromatic rings. The van der Waals surface area contributed by atoms with Gasteiger partial charge in [0.25, 0.3) is 5.91 Å². The monoisotopic (exact) mass is 533 g/mol. The summed E-state index contributed by atoms with van der Waals surface area (Å²) >= 11 is 1.10. The Morgan fingerprint density at radius 1 is 1.17 bits per heavy atom. The van der Waals surface area contributed by atoms with Crippen molar-refractivity contribution in [1.29, 1.82) is 0 Å². The fourth-order valence-corrected chi connectivity index (χ4v) is 5.25. The molecule has 1 saturated heterocycles. The fourth-order valence-electron chi connectivity index (χ4n) is 4.22. The van der Waals surface area contributed by atoms with E-state index in [1.54, 1.807) is 15.8 Å². The highest BCUT2D eigenvalue weighted by atomic mass is 35.5. The highest BCUT2D eigenvalue weighted by Gasteiger charge is 2.26. The van der Waals surface area contributed by atoms with Crippen molar-refractivity contribution in [1.82, 2.24) is 19.7 Å². The largest absolute Gasteiger partial charge is 0.379 e. The van der Waals surface area contributed by atoms with Gasteiger partial charge in [-0.05, 0) is 31.5 Å². The highest BCUT2D eigenvalue weighted by molar-refractivity contribution is 7.22. The van der Waals surface area contributed by atoms with Crippen LogP contribution in [-0.4, -0.2) is 65.0 Å². The van der Waals surface area contributed by atoms with Crippen molar-refractivity contribution in [2.24, 2.45) is 0 Å². The topological polar surface area (TPSA) is 63.5 Å². The zero-order chi connectivity index (χ0) is 24.4. The molecule has 0 aliphatic carbocycles. The van der Waals surface area contributed by atoms with Gasteiger partial charge in [-0.3, -0.25) is 14.6 Å². The second-order valence-corrected chi connectivity index (χ2v) is 9.40. The second-order valence-electron chi connectivity index (χ2n) is 8.39. The van der Waals surface area contributed by atoms with Crippen LogP contribution < -0.4 is 4.90 Å². The van der Waals surface area contributed by atoms with Crippen molar-refractivity contribution >= 4 is 45.0 Å². The van der Waals surface area contributed by atoms with Crippen LogP contribution in [0, 0.1) is 18.6 Å². The molecule has 0 saturated carbocycles. The average Bonchev–Trinajstić information content (AvgIpc) is 3.46.